The minimum Gasteiger partial charge on any atom is -0.433 e. The first-order valence-corrected chi connectivity index (χ1v) is 5.56. The van der Waals surface area contributed by atoms with Gasteiger partial charge in [0.1, 0.15) is 5.75 Å². The van der Waals surface area contributed by atoms with Gasteiger partial charge in [0.25, 0.3) is 0 Å². The van der Waals surface area contributed by atoms with Gasteiger partial charge in [-0.15, -0.1) is 0 Å². The van der Waals surface area contributed by atoms with Gasteiger partial charge in [-0.25, -0.2) is 0 Å². The molecule has 0 aliphatic rings. The zero-order valence-corrected chi connectivity index (χ0v) is 10.1. The summed E-state index contributed by atoms with van der Waals surface area (Å²) in [4.78, 5) is 11.3. The molecule has 4 nitrogen and oxygen atoms in total. The maximum absolute atomic E-state index is 12.0. The molecule has 1 amide bonds. The number of amides is 1. The molecular formula is C11H12ClF2NO3. The Morgan fingerprint density at radius 2 is 2.22 bits per heavy atom. The third kappa shape index (κ3) is 4.85. The van der Waals surface area contributed by atoms with Gasteiger partial charge in [0.05, 0.1) is 5.02 Å². The molecule has 0 aliphatic heterocycles. The monoisotopic (exact) mass is 279 g/mol. The first kappa shape index (κ1) is 14.7. The number of alkyl halides is 2. The van der Waals surface area contributed by atoms with Crippen LogP contribution in [0.25, 0.3) is 0 Å². The summed E-state index contributed by atoms with van der Waals surface area (Å²) < 4.78 is 28.1. The van der Waals surface area contributed by atoms with Gasteiger partial charge < -0.3 is 15.2 Å². The summed E-state index contributed by atoms with van der Waals surface area (Å²) in [5, 5.41) is 11.1. The first-order chi connectivity index (χ1) is 8.52. The van der Waals surface area contributed by atoms with Gasteiger partial charge in [0.15, 0.2) is 0 Å². The number of aliphatic hydroxyl groups excluding tert-OH is 1. The Morgan fingerprint density at radius 1 is 1.50 bits per heavy atom. The van der Waals surface area contributed by atoms with Gasteiger partial charge in [-0.05, 0) is 24.6 Å². The Hall–Kier alpha value is -1.40. The lowest BCUT2D eigenvalue weighted by Gasteiger charge is -2.09. The van der Waals surface area contributed by atoms with Crippen molar-refractivity contribution in [2.75, 3.05) is 11.9 Å². The molecule has 0 heterocycles. The molecule has 1 rings (SSSR count). The summed E-state index contributed by atoms with van der Waals surface area (Å²) in [5.41, 5.74) is 0.379. The maximum atomic E-state index is 12.0. The number of hydrogen-bond acceptors (Lipinski definition) is 3. The van der Waals surface area contributed by atoms with Crippen molar-refractivity contribution >= 4 is 23.2 Å². The number of hydrogen-bond donors (Lipinski definition) is 2. The van der Waals surface area contributed by atoms with Gasteiger partial charge >= 0.3 is 6.61 Å². The molecule has 18 heavy (non-hydrogen) atoms. The van der Waals surface area contributed by atoms with E-state index in [-0.39, 0.29) is 29.7 Å². The zero-order chi connectivity index (χ0) is 13.5. The van der Waals surface area contributed by atoms with Crippen LogP contribution in [-0.2, 0) is 4.79 Å². The lowest BCUT2D eigenvalue weighted by atomic mass is 10.2. The van der Waals surface area contributed by atoms with Crippen LogP contribution in [0.5, 0.6) is 5.75 Å². The molecule has 0 spiro atoms. The Bertz CT molecular complexity index is 415. The van der Waals surface area contributed by atoms with E-state index in [9.17, 15) is 13.6 Å². The van der Waals surface area contributed by atoms with Crippen LogP contribution in [0.2, 0.25) is 5.02 Å². The molecule has 0 saturated heterocycles. The Balaban J connectivity index is 2.63. The number of carbonyl (C=O) groups excluding carboxylic acids is 1. The molecule has 7 heteroatoms. The zero-order valence-electron chi connectivity index (χ0n) is 9.33. The molecule has 1 aromatic rings. The van der Waals surface area contributed by atoms with Gasteiger partial charge in [-0.1, -0.05) is 11.6 Å². The largest absolute Gasteiger partial charge is 0.433 e. The van der Waals surface area contributed by atoms with Crippen LogP contribution in [0.1, 0.15) is 12.8 Å². The highest BCUT2D eigenvalue weighted by Crippen LogP contribution is 2.28. The Kier molecular flexibility index (Phi) is 5.80. The maximum Gasteiger partial charge on any atom is 0.387 e. The fraction of sp³-hybridized carbons (Fsp3) is 0.364. The number of benzene rings is 1. The average molecular weight is 280 g/mol. The summed E-state index contributed by atoms with van der Waals surface area (Å²) in [6, 6.07) is 3.96. The van der Waals surface area contributed by atoms with Crippen LogP contribution in [0.3, 0.4) is 0 Å². The molecule has 0 fully saturated rings. The van der Waals surface area contributed by atoms with Crippen molar-refractivity contribution in [1.29, 1.82) is 0 Å². The molecule has 0 aliphatic carbocycles. The van der Waals surface area contributed by atoms with E-state index in [1.807, 2.05) is 0 Å². The number of ether oxygens (including phenoxy) is 1. The summed E-state index contributed by atoms with van der Waals surface area (Å²) in [7, 11) is 0. The van der Waals surface area contributed by atoms with Crippen molar-refractivity contribution in [2.45, 2.75) is 19.5 Å². The van der Waals surface area contributed by atoms with Crippen molar-refractivity contribution < 1.29 is 23.4 Å². The normalized spacial score (nSPS) is 10.5. The Labute approximate surface area is 108 Å². The van der Waals surface area contributed by atoms with Crippen molar-refractivity contribution in [3.8, 4) is 5.75 Å². The van der Waals surface area contributed by atoms with Gasteiger partial charge in [0, 0.05) is 18.7 Å². The molecule has 0 bridgehead atoms. The SMILES string of the molecule is O=C(CCCO)Nc1ccc(OC(F)F)c(Cl)c1. The van der Waals surface area contributed by atoms with E-state index in [1.165, 1.54) is 18.2 Å². The van der Waals surface area contributed by atoms with Crippen LogP contribution in [0.15, 0.2) is 18.2 Å². The van der Waals surface area contributed by atoms with Crippen LogP contribution in [0.4, 0.5) is 14.5 Å². The fourth-order valence-corrected chi connectivity index (χ4v) is 1.46. The number of halogens is 3. The number of aliphatic hydroxyl groups is 1. The van der Waals surface area contributed by atoms with Crippen molar-refractivity contribution in [1.82, 2.24) is 0 Å². The number of nitrogens with one attached hydrogen (secondary N) is 1. The third-order valence-electron chi connectivity index (χ3n) is 1.99. The lowest BCUT2D eigenvalue weighted by molar-refractivity contribution is -0.116. The van der Waals surface area contributed by atoms with Gasteiger partial charge in [-0.2, -0.15) is 8.78 Å². The molecule has 0 saturated carbocycles. The molecule has 0 aromatic heterocycles. The number of rotatable bonds is 6. The van der Waals surface area contributed by atoms with E-state index in [0.717, 1.165) is 0 Å². The summed E-state index contributed by atoms with van der Waals surface area (Å²) in [5.74, 6) is -0.442. The van der Waals surface area contributed by atoms with Crippen molar-refractivity contribution in [3.63, 3.8) is 0 Å². The minimum atomic E-state index is -2.95. The van der Waals surface area contributed by atoms with E-state index in [1.54, 1.807) is 0 Å². The molecule has 2 N–H and O–H groups in total. The molecule has 1 aromatic carbocycles. The third-order valence-corrected chi connectivity index (χ3v) is 2.29. The second-order valence-corrected chi connectivity index (χ2v) is 3.81. The van der Waals surface area contributed by atoms with Crippen LogP contribution < -0.4 is 10.1 Å². The Morgan fingerprint density at radius 3 is 2.78 bits per heavy atom. The van der Waals surface area contributed by atoms with Crippen LogP contribution >= 0.6 is 11.6 Å². The smallest absolute Gasteiger partial charge is 0.387 e. The second kappa shape index (κ2) is 7.13. The number of anilines is 1. The predicted octanol–water partition coefficient (Wildman–Crippen LogP) is 2.65. The van der Waals surface area contributed by atoms with Crippen molar-refractivity contribution in [3.05, 3.63) is 23.2 Å². The lowest BCUT2D eigenvalue weighted by Crippen LogP contribution is -2.11. The predicted molar refractivity (Wildman–Crippen MR) is 63.0 cm³/mol. The second-order valence-electron chi connectivity index (χ2n) is 3.40. The summed E-state index contributed by atoms with van der Waals surface area (Å²) in [6.07, 6.45) is 0.523. The van der Waals surface area contributed by atoms with E-state index >= 15 is 0 Å². The highest BCUT2D eigenvalue weighted by atomic mass is 35.5. The van der Waals surface area contributed by atoms with Crippen molar-refractivity contribution in [2.24, 2.45) is 0 Å². The van der Waals surface area contributed by atoms with Crippen LogP contribution in [-0.4, -0.2) is 24.2 Å². The van der Waals surface area contributed by atoms with E-state index in [2.05, 4.69) is 10.1 Å². The molecule has 0 radical (unpaired) electrons. The fourth-order valence-electron chi connectivity index (χ4n) is 1.23. The highest BCUT2D eigenvalue weighted by molar-refractivity contribution is 6.32. The highest BCUT2D eigenvalue weighted by Gasteiger charge is 2.10. The standard InChI is InChI=1S/C11H12ClF2NO3/c12-8-6-7(15-10(17)2-1-5-16)3-4-9(8)18-11(13)14/h3-4,6,11,16H,1-2,5H2,(H,15,17). The summed E-state index contributed by atoms with van der Waals surface area (Å²) >= 11 is 5.71. The van der Waals surface area contributed by atoms with Gasteiger partial charge in [0.2, 0.25) is 5.91 Å². The molecule has 0 unspecified atom stereocenters. The molecule has 100 valence electrons. The van der Waals surface area contributed by atoms with E-state index in [0.29, 0.717) is 12.1 Å². The summed E-state index contributed by atoms with van der Waals surface area (Å²) in [6.45, 7) is -3.03. The van der Waals surface area contributed by atoms with E-state index in [4.69, 9.17) is 16.7 Å². The first-order valence-electron chi connectivity index (χ1n) is 5.18. The average Bonchev–Trinajstić information content (AvgIpc) is 2.29. The minimum absolute atomic E-state index is 0.0183. The van der Waals surface area contributed by atoms with E-state index < -0.39 is 6.61 Å². The van der Waals surface area contributed by atoms with Crippen LogP contribution in [0, 0.1) is 0 Å². The topological polar surface area (TPSA) is 58.6 Å². The molecule has 0 atom stereocenters. The number of carbonyl (C=O) groups is 1. The van der Waals surface area contributed by atoms with Gasteiger partial charge in [-0.3, -0.25) is 4.79 Å². The quantitative estimate of drug-likeness (QED) is 0.842. The molecular weight excluding hydrogens is 268 g/mol.